The normalized spacial score (nSPS) is 18.1. The summed E-state index contributed by atoms with van der Waals surface area (Å²) in [4.78, 5) is 19.0. The molecule has 0 aliphatic carbocycles. The summed E-state index contributed by atoms with van der Waals surface area (Å²) >= 11 is 0. The smallest absolute Gasteiger partial charge is 0.182 e. The summed E-state index contributed by atoms with van der Waals surface area (Å²) in [6, 6.07) is 26.1. The number of aryl methyl sites for hydroxylation is 1. The number of morpholine rings is 1. The summed E-state index contributed by atoms with van der Waals surface area (Å²) in [5.41, 5.74) is 4.39. The van der Waals surface area contributed by atoms with Crippen molar-refractivity contribution in [2.75, 3.05) is 44.9 Å². The Morgan fingerprint density at radius 3 is 2.32 bits per heavy atom. The van der Waals surface area contributed by atoms with Crippen molar-refractivity contribution < 1.29 is 14.3 Å². The average Bonchev–Trinajstić information content (AvgIpc) is 2.92. The molecule has 0 saturated carbocycles. The molecule has 0 radical (unpaired) electrons. The average molecular weight is 457 g/mol. The minimum absolute atomic E-state index is 0.112. The van der Waals surface area contributed by atoms with Gasteiger partial charge in [-0.15, -0.1) is 0 Å². The van der Waals surface area contributed by atoms with E-state index in [4.69, 9.17) is 9.47 Å². The standard InChI is InChI=1S/C29H32N2O3/c1-33-25-14-15-26-24(21-25)13-8-16-31(26)27(22-9-4-2-5-10-22)28(30-17-19-34-20-18-30)29(32)23-11-6-3-7-12-23/h2-7,9-12,14-15,21,27-28H,8,13,16-20H2,1H3. The molecule has 34 heavy (non-hydrogen) atoms. The monoisotopic (exact) mass is 456 g/mol. The highest BCUT2D eigenvalue weighted by Gasteiger charge is 2.40. The van der Waals surface area contributed by atoms with Crippen LogP contribution in [0.15, 0.2) is 78.9 Å². The second-order valence-corrected chi connectivity index (χ2v) is 8.97. The molecule has 0 bridgehead atoms. The van der Waals surface area contributed by atoms with Crippen LogP contribution in [0.2, 0.25) is 0 Å². The van der Waals surface area contributed by atoms with E-state index in [0.717, 1.165) is 49.4 Å². The number of hydrogen-bond acceptors (Lipinski definition) is 5. The van der Waals surface area contributed by atoms with Crippen LogP contribution in [-0.2, 0) is 11.2 Å². The Morgan fingerprint density at radius 2 is 1.62 bits per heavy atom. The Bertz CT molecular complexity index is 1100. The van der Waals surface area contributed by atoms with E-state index in [1.807, 2.05) is 42.5 Å². The highest BCUT2D eigenvalue weighted by Crippen LogP contribution is 2.39. The molecule has 3 aromatic rings. The highest BCUT2D eigenvalue weighted by molar-refractivity contribution is 6.01. The third-order valence-corrected chi connectivity index (χ3v) is 6.98. The lowest BCUT2D eigenvalue weighted by atomic mass is 9.87. The molecule has 0 spiro atoms. The number of benzene rings is 3. The molecule has 2 aliphatic heterocycles. The quantitative estimate of drug-likeness (QED) is 0.479. The number of nitrogens with zero attached hydrogens (tertiary/aromatic N) is 2. The molecular formula is C29H32N2O3. The summed E-state index contributed by atoms with van der Waals surface area (Å²) in [5.74, 6) is 1.04. The summed E-state index contributed by atoms with van der Waals surface area (Å²) in [6.07, 6.45) is 2.05. The number of ketones is 1. The predicted molar refractivity (Wildman–Crippen MR) is 135 cm³/mol. The third-order valence-electron chi connectivity index (χ3n) is 6.98. The van der Waals surface area contributed by atoms with E-state index < -0.39 is 0 Å². The largest absolute Gasteiger partial charge is 0.497 e. The maximum atomic E-state index is 14.2. The Labute approximate surface area is 201 Å². The number of Topliss-reactive ketones (excluding diaryl/α,β-unsaturated/α-hetero) is 1. The van der Waals surface area contributed by atoms with Crippen LogP contribution in [0.5, 0.6) is 5.75 Å². The molecule has 1 saturated heterocycles. The van der Waals surface area contributed by atoms with Crippen molar-refractivity contribution in [2.45, 2.75) is 24.9 Å². The van der Waals surface area contributed by atoms with Crippen molar-refractivity contribution in [3.05, 3.63) is 95.6 Å². The zero-order chi connectivity index (χ0) is 23.3. The molecule has 5 heteroatoms. The number of carbonyl (C=O) groups excluding carboxylic acids is 1. The van der Waals surface area contributed by atoms with Gasteiger partial charge in [0.15, 0.2) is 5.78 Å². The van der Waals surface area contributed by atoms with Gasteiger partial charge in [0.25, 0.3) is 0 Å². The van der Waals surface area contributed by atoms with Crippen molar-refractivity contribution in [1.29, 1.82) is 0 Å². The van der Waals surface area contributed by atoms with Crippen LogP contribution in [0.25, 0.3) is 0 Å². The van der Waals surface area contributed by atoms with Crippen LogP contribution >= 0.6 is 0 Å². The molecule has 2 unspecified atom stereocenters. The molecule has 0 aromatic heterocycles. The molecule has 5 nitrogen and oxygen atoms in total. The van der Waals surface area contributed by atoms with Crippen LogP contribution in [0.4, 0.5) is 5.69 Å². The summed E-state index contributed by atoms with van der Waals surface area (Å²) in [5, 5.41) is 0. The van der Waals surface area contributed by atoms with Gasteiger partial charge in [0, 0.05) is 30.9 Å². The van der Waals surface area contributed by atoms with Crippen LogP contribution in [-0.4, -0.2) is 56.7 Å². The molecule has 1 fully saturated rings. The lowest BCUT2D eigenvalue weighted by Crippen LogP contribution is -2.55. The number of hydrogen-bond donors (Lipinski definition) is 0. The highest BCUT2D eigenvalue weighted by atomic mass is 16.5. The fraction of sp³-hybridized carbons (Fsp3) is 0.345. The molecule has 0 amide bonds. The van der Waals surface area contributed by atoms with Gasteiger partial charge in [-0.1, -0.05) is 60.7 Å². The number of ether oxygens (including phenoxy) is 2. The molecule has 2 heterocycles. The topological polar surface area (TPSA) is 42.0 Å². The first kappa shape index (κ1) is 22.6. The first-order valence-electron chi connectivity index (χ1n) is 12.2. The molecule has 176 valence electrons. The van der Waals surface area contributed by atoms with E-state index >= 15 is 0 Å². The van der Waals surface area contributed by atoms with Gasteiger partial charge in [-0.2, -0.15) is 0 Å². The minimum Gasteiger partial charge on any atom is -0.497 e. The summed E-state index contributed by atoms with van der Waals surface area (Å²) < 4.78 is 11.2. The molecular weight excluding hydrogens is 424 g/mol. The Hall–Kier alpha value is -3.15. The third kappa shape index (κ3) is 4.59. The second-order valence-electron chi connectivity index (χ2n) is 8.97. The Balaban J connectivity index is 1.64. The van der Waals surface area contributed by atoms with E-state index in [1.54, 1.807) is 7.11 Å². The van der Waals surface area contributed by atoms with Gasteiger partial charge in [0.2, 0.25) is 0 Å². The summed E-state index contributed by atoms with van der Waals surface area (Å²) in [7, 11) is 1.71. The van der Waals surface area contributed by atoms with Crippen LogP contribution < -0.4 is 9.64 Å². The zero-order valence-electron chi connectivity index (χ0n) is 19.7. The van der Waals surface area contributed by atoms with Crippen LogP contribution in [0, 0.1) is 0 Å². The van der Waals surface area contributed by atoms with Crippen LogP contribution in [0.1, 0.15) is 33.9 Å². The minimum atomic E-state index is -0.318. The summed E-state index contributed by atoms with van der Waals surface area (Å²) in [6.45, 7) is 3.69. The molecule has 5 rings (SSSR count). The van der Waals surface area contributed by atoms with Gasteiger partial charge >= 0.3 is 0 Å². The van der Waals surface area contributed by atoms with Crippen LogP contribution in [0.3, 0.4) is 0 Å². The van der Waals surface area contributed by atoms with Crippen molar-refractivity contribution in [3.8, 4) is 5.75 Å². The number of carbonyl (C=O) groups is 1. The zero-order valence-corrected chi connectivity index (χ0v) is 19.7. The predicted octanol–water partition coefficient (Wildman–Crippen LogP) is 4.77. The van der Waals surface area contributed by atoms with E-state index in [-0.39, 0.29) is 17.9 Å². The van der Waals surface area contributed by atoms with E-state index in [0.29, 0.717) is 13.2 Å². The van der Waals surface area contributed by atoms with Crippen molar-refractivity contribution in [2.24, 2.45) is 0 Å². The van der Waals surface area contributed by atoms with Gasteiger partial charge in [-0.25, -0.2) is 0 Å². The van der Waals surface area contributed by atoms with Gasteiger partial charge in [-0.05, 0) is 42.2 Å². The number of methoxy groups -OCH3 is 1. The maximum Gasteiger partial charge on any atom is 0.182 e. The lowest BCUT2D eigenvalue weighted by molar-refractivity contribution is 0.0120. The van der Waals surface area contributed by atoms with E-state index in [2.05, 4.69) is 46.2 Å². The maximum absolute atomic E-state index is 14.2. The second kappa shape index (κ2) is 10.4. The van der Waals surface area contributed by atoms with E-state index in [1.165, 1.54) is 11.3 Å². The van der Waals surface area contributed by atoms with Crippen molar-refractivity contribution >= 4 is 11.5 Å². The van der Waals surface area contributed by atoms with Gasteiger partial charge in [0.1, 0.15) is 5.75 Å². The first-order valence-corrected chi connectivity index (χ1v) is 12.2. The van der Waals surface area contributed by atoms with Crippen molar-refractivity contribution in [1.82, 2.24) is 4.90 Å². The number of rotatable bonds is 7. The first-order chi connectivity index (χ1) is 16.8. The Kier molecular flexibility index (Phi) is 6.93. The molecule has 0 N–H and O–H groups in total. The molecule has 2 aliphatic rings. The molecule has 2 atom stereocenters. The fourth-order valence-electron chi connectivity index (χ4n) is 5.34. The van der Waals surface area contributed by atoms with E-state index in [9.17, 15) is 4.79 Å². The van der Waals surface area contributed by atoms with Crippen molar-refractivity contribution in [3.63, 3.8) is 0 Å². The fourth-order valence-corrected chi connectivity index (χ4v) is 5.34. The Morgan fingerprint density at radius 1 is 0.912 bits per heavy atom. The van der Waals surface area contributed by atoms with Gasteiger partial charge in [-0.3, -0.25) is 9.69 Å². The van der Waals surface area contributed by atoms with Gasteiger partial charge < -0.3 is 14.4 Å². The molecule has 3 aromatic carbocycles. The van der Waals surface area contributed by atoms with Gasteiger partial charge in [0.05, 0.1) is 32.4 Å². The lowest BCUT2D eigenvalue weighted by Gasteiger charge is -2.46. The SMILES string of the molecule is COc1ccc2c(c1)CCCN2C(c1ccccc1)C(C(=O)c1ccccc1)N1CCOCC1. The number of fused-ring (bicyclic) bond motifs is 1. The number of anilines is 1.